The van der Waals surface area contributed by atoms with E-state index in [0.29, 0.717) is 31.7 Å². The fourth-order valence-electron chi connectivity index (χ4n) is 4.47. The Bertz CT molecular complexity index is 1080. The topological polar surface area (TPSA) is 48.0 Å². The molecular formula is C28H29NO4. The summed E-state index contributed by atoms with van der Waals surface area (Å²) in [6, 6.07) is 24.0. The van der Waals surface area contributed by atoms with Crippen LogP contribution >= 0.6 is 0 Å². The number of anilines is 1. The molecule has 0 saturated carbocycles. The van der Waals surface area contributed by atoms with Gasteiger partial charge in [0.1, 0.15) is 18.1 Å². The first kappa shape index (κ1) is 21.5. The second-order valence-electron chi connectivity index (χ2n) is 8.54. The maximum Gasteiger partial charge on any atom is 0.227 e. The van der Waals surface area contributed by atoms with Gasteiger partial charge in [0.25, 0.3) is 0 Å². The van der Waals surface area contributed by atoms with E-state index in [9.17, 15) is 4.79 Å². The molecule has 1 atom stereocenters. The summed E-state index contributed by atoms with van der Waals surface area (Å²) in [5, 5.41) is 0. The molecule has 3 aromatic carbocycles. The highest BCUT2D eigenvalue weighted by Gasteiger charge is 2.31. The number of hydrogen-bond acceptors (Lipinski definition) is 4. The molecule has 2 heterocycles. The smallest absolute Gasteiger partial charge is 0.227 e. The van der Waals surface area contributed by atoms with Gasteiger partial charge in [-0.3, -0.25) is 4.79 Å². The van der Waals surface area contributed by atoms with Crippen molar-refractivity contribution < 1.29 is 19.0 Å². The number of nitrogens with zero attached hydrogens (tertiary/aromatic N) is 1. The summed E-state index contributed by atoms with van der Waals surface area (Å²) in [5.74, 6) is 1.59. The molecule has 5 nitrogen and oxygen atoms in total. The van der Waals surface area contributed by atoms with Crippen molar-refractivity contribution >= 4 is 11.6 Å². The van der Waals surface area contributed by atoms with E-state index >= 15 is 0 Å². The number of carbonyl (C=O) groups excluding carboxylic acids is 1. The van der Waals surface area contributed by atoms with Gasteiger partial charge in [0.05, 0.1) is 18.8 Å². The molecule has 5 heteroatoms. The molecule has 0 bridgehead atoms. The van der Waals surface area contributed by atoms with Gasteiger partial charge in [0.15, 0.2) is 6.29 Å². The molecule has 3 aromatic rings. The Morgan fingerprint density at radius 2 is 1.58 bits per heavy atom. The molecule has 2 aliphatic rings. The highest BCUT2D eigenvalue weighted by atomic mass is 16.7. The summed E-state index contributed by atoms with van der Waals surface area (Å²) in [6.45, 7) is 1.66. The Morgan fingerprint density at radius 1 is 0.848 bits per heavy atom. The van der Waals surface area contributed by atoms with Crippen molar-refractivity contribution in [2.45, 2.75) is 51.5 Å². The third-order valence-electron chi connectivity index (χ3n) is 6.18. The van der Waals surface area contributed by atoms with Crippen LogP contribution in [0.3, 0.4) is 0 Å². The van der Waals surface area contributed by atoms with Crippen LogP contribution in [0, 0.1) is 0 Å². The number of benzene rings is 3. The van der Waals surface area contributed by atoms with Crippen molar-refractivity contribution in [1.82, 2.24) is 0 Å². The molecule has 0 aromatic heterocycles. The summed E-state index contributed by atoms with van der Waals surface area (Å²) in [4.78, 5) is 14.9. The van der Waals surface area contributed by atoms with E-state index < -0.39 is 0 Å². The van der Waals surface area contributed by atoms with Gasteiger partial charge in [-0.1, -0.05) is 60.7 Å². The SMILES string of the molecule is O=C1CCc2c(OC3CCCCO3)ccc(OCc3ccccc3)c2N1Cc1ccccc1. The molecule has 33 heavy (non-hydrogen) atoms. The summed E-state index contributed by atoms with van der Waals surface area (Å²) in [5.41, 5.74) is 4.00. The van der Waals surface area contributed by atoms with E-state index in [-0.39, 0.29) is 12.2 Å². The van der Waals surface area contributed by atoms with Crippen LogP contribution in [-0.4, -0.2) is 18.8 Å². The second-order valence-corrected chi connectivity index (χ2v) is 8.54. The zero-order valence-electron chi connectivity index (χ0n) is 18.7. The van der Waals surface area contributed by atoms with Crippen LogP contribution in [0.2, 0.25) is 0 Å². The van der Waals surface area contributed by atoms with Crippen molar-refractivity contribution in [1.29, 1.82) is 0 Å². The fraction of sp³-hybridized carbons (Fsp3) is 0.321. The van der Waals surface area contributed by atoms with Gasteiger partial charge in [-0.25, -0.2) is 0 Å². The van der Waals surface area contributed by atoms with Crippen LogP contribution in [-0.2, 0) is 29.1 Å². The molecule has 2 aliphatic heterocycles. The molecule has 170 valence electrons. The van der Waals surface area contributed by atoms with Crippen LogP contribution in [0.5, 0.6) is 11.5 Å². The summed E-state index contributed by atoms with van der Waals surface area (Å²) in [6.07, 6.45) is 3.90. The number of rotatable bonds is 7. The first-order chi connectivity index (χ1) is 16.3. The summed E-state index contributed by atoms with van der Waals surface area (Å²) >= 11 is 0. The summed E-state index contributed by atoms with van der Waals surface area (Å²) in [7, 11) is 0. The lowest BCUT2D eigenvalue weighted by Crippen LogP contribution is -2.35. The highest BCUT2D eigenvalue weighted by molar-refractivity contribution is 5.98. The number of amides is 1. The maximum absolute atomic E-state index is 13.1. The number of fused-ring (bicyclic) bond motifs is 1. The number of hydrogen-bond donors (Lipinski definition) is 0. The van der Waals surface area contributed by atoms with Crippen LogP contribution in [0.4, 0.5) is 5.69 Å². The minimum atomic E-state index is -0.237. The van der Waals surface area contributed by atoms with Gasteiger partial charge in [0.2, 0.25) is 5.91 Å². The van der Waals surface area contributed by atoms with Gasteiger partial charge >= 0.3 is 0 Å². The predicted molar refractivity (Wildman–Crippen MR) is 127 cm³/mol. The zero-order chi connectivity index (χ0) is 22.5. The molecule has 0 spiro atoms. The second kappa shape index (κ2) is 10.1. The van der Waals surface area contributed by atoms with Crippen molar-refractivity contribution in [3.8, 4) is 11.5 Å². The average molecular weight is 444 g/mol. The quantitative estimate of drug-likeness (QED) is 0.473. The Kier molecular flexibility index (Phi) is 6.58. The summed E-state index contributed by atoms with van der Waals surface area (Å²) < 4.78 is 18.4. The monoisotopic (exact) mass is 443 g/mol. The van der Waals surface area contributed by atoms with Gasteiger partial charge in [-0.05, 0) is 42.5 Å². The first-order valence-electron chi connectivity index (χ1n) is 11.7. The third kappa shape index (κ3) is 5.04. The van der Waals surface area contributed by atoms with Crippen LogP contribution in [0.15, 0.2) is 72.8 Å². The van der Waals surface area contributed by atoms with Crippen LogP contribution < -0.4 is 14.4 Å². The van der Waals surface area contributed by atoms with Crippen LogP contribution in [0.25, 0.3) is 0 Å². The molecule has 0 N–H and O–H groups in total. The molecule has 1 saturated heterocycles. The normalized spacial score (nSPS) is 18.0. The van der Waals surface area contributed by atoms with Gasteiger partial charge in [-0.15, -0.1) is 0 Å². The number of ether oxygens (including phenoxy) is 3. The molecule has 1 unspecified atom stereocenters. The lowest BCUT2D eigenvalue weighted by atomic mass is 9.98. The van der Waals surface area contributed by atoms with E-state index in [1.54, 1.807) is 0 Å². The Morgan fingerprint density at radius 3 is 2.30 bits per heavy atom. The Hall–Kier alpha value is -3.31. The van der Waals surface area contributed by atoms with Crippen molar-refractivity contribution in [2.24, 2.45) is 0 Å². The lowest BCUT2D eigenvalue weighted by Gasteiger charge is -2.33. The average Bonchev–Trinajstić information content (AvgIpc) is 2.87. The molecule has 5 rings (SSSR count). The van der Waals surface area contributed by atoms with Gasteiger partial charge < -0.3 is 19.1 Å². The molecule has 0 aliphatic carbocycles. The number of carbonyl (C=O) groups is 1. The Labute approximate surface area is 194 Å². The maximum atomic E-state index is 13.1. The Balaban J connectivity index is 1.49. The first-order valence-corrected chi connectivity index (χ1v) is 11.7. The van der Waals surface area contributed by atoms with Gasteiger partial charge in [0, 0.05) is 18.4 Å². The van der Waals surface area contributed by atoms with Crippen LogP contribution in [0.1, 0.15) is 42.4 Å². The minimum absolute atomic E-state index is 0.0991. The molecule has 1 fully saturated rings. The minimum Gasteiger partial charge on any atom is -0.487 e. The van der Waals surface area contributed by atoms with Crippen molar-refractivity contribution in [3.05, 3.63) is 89.5 Å². The largest absolute Gasteiger partial charge is 0.487 e. The van der Waals surface area contributed by atoms with Crippen molar-refractivity contribution in [3.63, 3.8) is 0 Å². The standard InChI is InChI=1S/C28H29NO4/c30-26-17-14-23-24(33-27-13-7-8-18-31-27)15-16-25(32-20-22-11-5-2-6-12-22)28(23)29(26)19-21-9-3-1-4-10-21/h1-6,9-12,15-16,27H,7-8,13-14,17-20H2. The molecule has 0 radical (unpaired) electrons. The van der Waals surface area contributed by atoms with E-state index in [0.717, 1.165) is 54.0 Å². The molecular weight excluding hydrogens is 414 g/mol. The fourth-order valence-corrected chi connectivity index (χ4v) is 4.47. The highest BCUT2D eigenvalue weighted by Crippen LogP contribution is 2.43. The van der Waals surface area contributed by atoms with E-state index in [1.165, 1.54) is 0 Å². The van der Waals surface area contributed by atoms with Gasteiger partial charge in [-0.2, -0.15) is 0 Å². The zero-order valence-corrected chi connectivity index (χ0v) is 18.7. The third-order valence-corrected chi connectivity index (χ3v) is 6.18. The van der Waals surface area contributed by atoms with E-state index in [2.05, 4.69) is 0 Å². The molecule has 1 amide bonds. The lowest BCUT2D eigenvalue weighted by molar-refractivity contribution is -0.119. The van der Waals surface area contributed by atoms with E-state index in [1.807, 2.05) is 77.7 Å². The van der Waals surface area contributed by atoms with Crippen molar-refractivity contribution in [2.75, 3.05) is 11.5 Å². The predicted octanol–water partition coefficient (Wildman–Crippen LogP) is 5.65. The van der Waals surface area contributed by atoms with E-state index in [4.69, 9.17) is 14.2 Å².